The maximum Gasteiger partial charge on any atom is 0.238 e. The average Bonchev–Trinajstić information content (AvgIpc) is 3.67. The molecule has 2 unspecified atom stereocenters. The fourth-order valence-corrected chi connectivity index (χ4v) is 10.1. The second-order valence-corrected chi connectivity index (χ2v) is 16.3. The van der Waals surface area contributed by atoms with Crippen molar-refractivity contribution in [1.29, 1.82) is 0 Å². The summed E-state index contributed by atoms with van der Waals surface area (Å²) >= 11 is 0. The Morgan fingerprint density at radius 1 is 0.446 bits per heavy atom. The lowest BCUT2D eigenvalue weighted by Gasteiger charge is -2.43. The third-order valence-electron chi connectivity index (χ3n) is 13.1. The summed E-state index contributed by atoms with van der Waals surface area (Å²) in [5, 5.41) is 2.40. The topological polar surface area (TPSA) is 43.6 Å². The number of aromatic nitrogens is 4. The van der Waals surface area contributed by atoms with Gasteiger partial charge in [-0.1, -0.05) is 147 Å². The van der Waals surface area contributed by atoms with Crippen molar-refractivity contribution in [3.8, 4) is 62.1 Å². The van der Waals surface area contributed by atoms with Gasteiger partial charge in [-0.3, -0.25) is 4.57 Å². The van der Waals surface area contributed by atoms with Gasteiger partial charge in [0.1, 0.15) is 0 Å². The molecular weight excluding hydrogens is 681 g/mol. The Morgan fingerprint density at radius 2 is 1.07 bits per heavy atom. The van der Waals surface area contributed by atoms with E-state index in [0.717, 1.165) is 27.7 Å². The molecule has 4 heteroatoms. The first-order chi connectivity index (χ1) is 27.5. The Balaban J connectivity index is 1.09. The Morgan fingerprint density at radius 3 is 1.89 bits per heavy atom. The van der Waals surface area contributed by atoms with Crippen LogP contribution in [0.3, 0.4) is 0 Å². The first-order valence-corrected chi connectivity index (χ1v) is 19.8. The molecule has 7 aromatic carbocycles. The SMILES string of the molecule is CC1(C)c2ccccc2-c2cc3c(cc21)c1ccccc1n3-c1nc(-c2ccc(-c3ccccc3)cc2)nc(-c2ccc3c(c2)C2CCC2c2ccccc2-3)n1. The van der Waals surface area contributed by atoms with Crippen LogP contribution in [0.5, 0.6) is 0 Å². The van der Waals surface area contributed by atoms with Gasteiger partial charge in [0, 0.05) is 27.3 Å². The minimum absolute atomic E-state index is 0.102. The van der Waals surface area contributed by atoms with E-state index in [1.165, 1.54) is 73.7 Å². The standard InChI is InChI=1S/C52H38N4/c1-52(2)45-18-10-8-16-40(45)43-30-48-44(29-46(43)52)41-17-9-11-19-47(41)56(48)51-54-49(33-22-20-32(21-23-33)31-12-4-3-5-13-31)53-50(55-51)34-24-25-38-36-15-7-6-14-35(36)37-26-27-39(37)42(38)28-34/h3-25,28-30,37,39H,26-27H2,1-2H3. The molecule has 12 rings (SSSR count). The largest absolute Gasteiger partial charge is 0.278 e. The highest BCUT2D eigenvalue weighted by Crippen LogP contribution is 2.57. The van der Waals surface area contributed by atoms with Crippen LogP contribution in [0.25, 0.3) is 83.9 Å². The maximum absolute atomic E-state index is 5.40. The van der Waals surface area contributed by atoms with Crippen LogP contribution in [0.4, 0.5) is 0 Å². The number of hydrogen-bond donors (Lipinski definition) is 0. The van der Waals surface area contributed by atoms with E-state index >= 15 is 0 Å². The van der Waals surface area contributed by atoms with Gasteiger partial charge in [-0.2, -0.15) is 9.97 Å². The maximum atomic E-state index is 5.40. The minimum Gasteiger partial charge on any atom is -0.278 e. The molecule has 0 N–H and O–H groups in total. The molecular formula is C52H38N4. The zero-order chi connectivity index (χ0) is 37.1. The number of nitrogens with zero attached hydrogens (tertiary/aromatic N) is 4. The molecule has 2 aromatic heterocycles. The van der Waals surface area contributed by atoms with Gasteiger partial charge in [-0.25, -0.2) is 4.98 Å². The molecule has 0 saturated heterocycles. The van der Waals surface area contributed by atoms with Crippen molar-refractivity contribution in [2.75, 3.05) is 0 Å². The van der Waals surface area contributed by atoms with Gasteiger partial charge < -0.3 is 0 Å². The number of benzene rings is 7. The van der Waals surface area contributed by atoms with Gasteiger partial charge in [0.2, 0.25) is 5.95 Å². The smallest absolute Gasteiger partial charge is 0.238 e. The molecule has 9 aromatic rings. The Labute approximate surface area is 326 Å². The van der Waals surface area contributed by atoms with E-state index in [0.29, 0.717) is 29.4 Å². The molecule has 0 spiro atoms. The highest BCUT2D eigenvalue weighted by Gasteiger charge is 2.40. The summed E-state index contributed by atoms with van der Waals surface area (Å²) in [4.78, 5) is 16.0. The van der Waals surface area contributed by atoms with E-state index in [1.54, 1.807) is 0 Å². The van der Waals surface area contributed by atoms with Gasteiger partial charge in [-0.05, 0) is 105 Å². The fourth-order valence-electron chi connectivity index (χ4n) is 10.1. The van der Waals surface area contributed by atoms with Gasteiger partial charge in [0.05, 0.1) is 11.0 Å². The van der Waals surface area contributed by atoms with Crippen LogP contribution in [-0.4, -0.2) is 19.5 Å². The lowest BCUT2D eigenvalue weighted by atomic mass is 9.61. The van der Waals surface area contributed by atoms with E-state index in [4.69, 9.17) is 15.0 Å². The molecule has 56 heavy (non-hydrogen) atoms. The van der Waals surface area contributed by atoms with Crippen LogP contribution in [0, 0.1) is 0 Å². The lowest BCUT2D eigenvalue weighted by Crippen LogP contribution is -2.26. The first kappa shape index (κ1) is 31.7. The number of hydrogen-bond acceptors (Lipinski definition) is 3. The van der Waals surface area contributed by atoms with Crippen molar-refractivity contribution >= 4 is 21.8 Å². The van der Waals surface area contributed by atoms with Gasteiger partial charge >= 0.3 is 0 Å². The summed E-state index contributed by atoms with van der Waals surface area (Å²) in [7, 11) is 0. The lowest BCUT2D eigenvalue weighted by molar-refractivity contribution is 0.343. The highest BCUT2D eigenvalue weighted by molar-refractivity contribution is 6.11. The van der Waals surface area contributed by atoms with E-state index in [-0.39, 0.29) is 5.41 Å². The molecule has 3 aliphatic rings. The van der Waals surface area contributed by atoms with Crippen LogP contribution in [0.1, 0.15) is 60.8 Å². The van der Waals surface area contributed by atoms with Crippen LogP contribution in [0.2, 0.25) is 0 Å². The Kier molecular flexibility index (Phi) is 6.60. The number of para-hydroxylation sites is 1. The molecule has 0 aliphatic heterocycles. The molecule has 0 bridgehead atoms. The van der Waals surface area contributed by atoms with Crippen molar-refractivity contribution in [1.82, 2.24) is 19.5 Å². The third kappa shape index (κ3) is 4.50. The minimum atomic E-state index is -0.102. The summed E-state index contributed by atoms with van der Waals surface area (Å²) in [6.45, 7) is 4.69. The van der Waals surface area contributed by atoms with Crippen LogP contribution in [0.15, 0.2) is 158 Å². The second-order valence-electron chi connectivity index (χ2n) is 16.3. The molecule has 266 valence electrons. The molecule has 2 heterocycles. The van der Waals surface area contributed by atoms with Crippen molar-refractivity contribution in [3.05, 3.63) is 180 Å². The van der Waals surface area contributed by atoms with Gasteiger partial charge in [0.25, 0.3) is 0 Å². The monoisotopic (exact) mass is 718 g/mol. The zero-order valence-electron chi connectivity index (χ0n) is 31.4. The Hall–Kier alpha value is -6.65. The summed E-state index contributed by atoms with van der Waals surface area (Å²) in [6.07, 6.45) is 2.45. The van der Waals surface area contributed by atoms with Crippen molar-refractivity contribution < 1.29 is 0 Å². The normalized spacial score (nSPS) is 17.1. The van der Waals surface area contributed by atoms with Crippen molar-refractivity contribution in [2.24, 2.45) is 0 Å². The molecule has 2 atom stereocenters. The fraction of sp³-hybridized carbons (Fsp3) is 0.135. The predicted octanol–water partition coefficient (Wildman–Crippen LogP) is 12.9. The van der Waals surface area contributed by atoms with Crippen LogP contribution < -0.4 is 0 Å². The zero-order valence-corrected chi connectivity index (χ0v) is 31.4. The first-order valence-electron chi connectivity index (χ1n) is 19.8. The van der Waals surface area contributed by atoms with Crippen LogP contribution >= 0.6 is 0 Å². The van der Waals surface area contributed by atoms with Crippen molar-refractivity contribution in [2.45, 2.75) is 43.9 Å². The van der Waals surface area contributed by atoms with Gasteiger partial charge in [0.15, 0.2) is 11.6 Å². The summed E-state index contributed by atoms with van der Waals surface area (Å²) in [5.74, 6) is 3.08. The van der Waals surface area contributed by atoms with Crippen molar-refractivity contribution in [3.63, 3.8) is 0 Å². The summed E-state index contributed by atoms with van der Waals surface area (Å²) < 4.78 is 2.27. The van der Waals surface area contributed by atoms with E-state index in [1.807, 2.05) is 0 Å². The van der Waals surface area contributed by atoms with E-state index in [9.17, 15) is 0 Å². The molecule has 1 fully saturated rings. The van der Waals surface area contributed by atoms with E-state index in [2.05, 4.69) is 176 Å². The van der Waals surface area contributed by atoms with Crippen LogP contribution in [-0.2, 0) is 5.41 Å². The Bertz CT molecular complexity index is 3060. The molecule has 3 aliphatic carbocycles. The average molecular weight is 719 g/mol. The third-order valence-corrected chi connectivity index (χ3v) is 13.1. The van der Waals surface area contributed by atoms with E-state index < -0.39 is 0 Å². The predicted molar refractivity (Wildman–Crippen MR) is 228 cm³/mol. The number of rotatable bonds is 4. The summed E-state index contributed by atoms with van der Waals surface area (Å²) in [6, 6.07) is 57.4. The highest BCUT2D eigenvalue weighted by atomic mass is 15.2. The second kappa shape index (κ2) is 11.7. The quantitative estimate of drug-likeness (QED) is 0.182. The molecule has 0 amide bonds. The van der Waals surface area contributed by atoms with Gasteiger partial charge in [-0.15, -0.1) is 0 Å². The molecule has 0 radical (unpaired) electrons. The molecule has 4 nitrogen and oxygen atoms in total. The summed E-state index contributed by atoms with van der Waals surface area (Å²) in [5.41, 5.74) is 17.3. The number of fused-ring (bicyclic) bond motifs is 12. The molecule has 1 saturated carbocycles.